The zero-order valence-corrected chi connectivity index (χ0v) is 18.6. The molecule has 0 unspecified atom stereocenters. The van der Waals surface area contributed by atoms with Crippen molar-refractivity contribution in [3.8, 4) is 0 Å². The Kier molecular flexibility index (Phi) is 5.25. The molecule has 4 aromatic rings. The van der Waals surface area contributed by atoms with Crippen molar-refractivity contribution in [1.29, 1.82) is 0 Å². The van der Waals surface area contributed by atoms with Crippen LogP contribution in [0.2, 0.25) is 0 Å². The van der Waals surface area contributed by atoms with Crippen molar-refractivity contribution in [2.45, 2.75) is 30.6 Å². The van der Waals surface area contributed by atoms with E-state index in [0.717, 1.165) is 10.9 Å². The van der Waals surface area contributed by atoms with Gasteiger partial charge in [-0.05, 0) is 18.2 Å². The maximum atomic E-state index is 13.0. The van der Waals surface area contributed by atoms with Crippen LogP contribution < -0.4 is 0 Å². The molecule has 0 amide bonds. The predicted molar refractivity (Wildman–Crippen MR) is 125 cm³/mol. The number of esters is 2. The van der Waals surface area contributed by atoms with Crippen molar-refractivity contribution < 1.29 is 39.5 Å². The lowest BCUT2D eigenvalue weighted by Gasteiger charge is -2.40. The number of nitrogens with zero attached hydrogens (tertiary/aromatic N) is 2. The smallest absolute Gasteiger partial charge is 0.347 e. The highest BCUT2D eigenvalue weighted by atomic mass is 16.6. The fourth-order valence-electron chi connectivity index (χ4n) is 4.95. The number of cyclic esters (lactones) is 2. The number of aromatic nitrogens is 3. The van der Waals surface area contributed by atoms with Crippen molar-refractivity contribution in [3.63, 3.8) is 0 Å². The van der Waals surface area contributed by atoms with Gasteiger partial charge < -0.3 is 39.5 Å². The van der Waals surface area contributed by atoms with Gasteiger partial charge >= 0.3 is 11.9 Å². The average Bonchev–Trinajstić information content (AvgIpc) is 3.55. The van der Waals surface area contributed by atoms with Crippen LogP contribution in [0.4, 0.5) is 0 Å². The second-order valence-corrected chi connectivity index (χ2v) is 8.72. The molecule has 6 rings (SSSR count). The lowest BCUT2D eigenvalue weighted by molar-refractivity contribution is -0.250. The minimum atomic E-state index is -1.61. The molecule has 0 bridgehead atoms. The summed E-state index contributed by atoms with van der Waals surface area (Å²) in [6.45, 7) is -0.600. The van der Waals surface area contributed by atoms with Crippen molar-refractivity contribution in [3.05, 3.63) is 66.1 Å². The summed E-state index contributed by atoms with van der Waals surface area (Å²) in [6.07, 6.45) is -2.50. The van der Waals surface area contributed by atoms with E-state index in [4.69, 9.17) is 9.47 Å². The van der Waals surface area contributed by atoms with Gasteiger partial charge in [0.25, 0.3) is 0 Å². The summed E-state index contributed by atoms with van der Waals surface area (Å²) in [6, 6.07) is 10.7. The topological polar surface area (TPSA) is 167 Å². The van der Waals surface area contributed by atoms with Crippen LogP contribution in [-0.4, -0.2) is 77.9 Å². The summed E-state index contributed by atoms with van der Waals surface area (Å²) >= 11 is 0. The van der Waals surface area contributed by atoms with Gasteiger partial charge in [0.1, 0.15) is 30.1 Å². The number of fused-ring (bicyclic) bond motifs is 2. The highest BCUT2D eigenvalue weighted by molar-refractivity contribution is 6.46. The van der Waals surface area contributed by atoms with Gasteiger partial charge in [0, 0.05) is 46.0 Å². The highest BCUT2D eigenvalue weighted by Gasteiger charge is 2.45. The number of aliphatic hydroxyl groups excluding tert-OH is 4. The fraction of sp³-hybridized carbons (Fsp3) is 0.240. The molecule has 2 aliphatic heterocycles. The van der Waals surface area contributed by atoms with Gasteiger partial charge in [-0.15, -0.1) is 0 Å². The third-order valence-electron chi connectivity index (χ3n) is 6.70. The van der Waals surface area contributed by atoms with Gasteiger partial charge in [-0.2, -0.15) is 0 Å². The van der Waals surface area contributed by atoms with E-state index in [-0.39, 0.29) is 16.8 Å². The first-order valence-electron chi connectivity index (χ1n) is 11.2. The molecule has 0 saturated carbocycles. The predicted octanol–water partition coefficient (Wildman–Crippen LogP) is 0.484. The first-order valence-corrected chi connectivity index (χ1v) is 11.2. The van der Waals surface area contributed by atoms with Crippen LogP contribution in [0.3, 0.4) is 0 Å². The quantitative estimate of drug-likeness (QED) is 0.202. The molecule has 0 aliphatic carbocycles. The van der Waals surface area contributed by atoms with Gasteiger partial charge in [0.05, 0.1) is 17.8 Å². The number of H-pyrrole nitrogens is 1. The van der Waals surface area contributed by atoms with E-state index in [1.807, 2.05) is 24.3 Å². The number of rotatable bonds is 4. The molecule has 1 aromatic carbocycles. The maximum Gasteiger partial charge on any atom is 0.347 e. The van der Waals surface area contributed by atoms with Crippen LogP contribution in [0.15, 0.2) is 55.0 Å². The zero-order chi connectivity index (χ0) is 25.1. The van der Waals surface area contributed by atoms with Gasteiger partial charge in [0.2, 0.25) is 0 Å². The molecular weight excluding hydrogens is 470 g/mol. The summed E-state index contributed by atoms with van der Waals surface area (Å²) < 4.78 is 12.1. The number of aliphatic hydroxyl groups is 4. The molecule has 1 saturated heterocycles. The number of ether oxygens (including phenoxy) is 2. The number of carbonyl (C=O) groups excluding carboxylic acids is 2. The summed E-state index contributed by atoms with van der Waals surface area (Å²) in [5.74, 6) is -1.63. The van der Waals surface area contributed by atoms with E-state index < -0.39 is 49.2 Å². The zero-order valence-electron chi connectivity index (χ0n) is 18.6. The SMILES string of the molecule is O=C1OC(=O)C(c2cn([C@@H]3O[C@H](CO)[C@@H](O)[C@H](O)[C@H]3O)c3ncccc23)=C1c1c[nH]c2ccccc12. The Morgan fingerprint density at radius 1 is 0.917 bits per heavy atom. The largest absolute Gasteiger partial charge is 0.394 e. The highest BCUT2D eigenvalue weighted by Crippen LogP contribution is 2.41. The number of nitrogens with one attached hydrogen (secondary N) is 1. The molecule has 5 atom stereocenters. The molecule has 3 aromatic heterocycles. The normalized spacial score (nSPS) is 26.8. The number of pyridine rings is 1. The number of hydrogen-bond donors (Lipinski definition) is 5. The van der Waals surface area contributed by atoms with Gasteiger partial charge in [-0.1, -0.05) is 18.2 Å². The van der Waals surface area contributed by atoms with E-state index >= 15 is 0 Å². The first kappa shape index (κ1) is 22.6. The summed E-state index contributed by atoms with van der Waals surface area (Å²) in [4.78, 5) is 33.3. The van der Waals surface area contributed by atoms with E-state index in [0.29, 0.717) is 16.5 Å². The van der Waals surface area contributed by atoms with Gasteiger partial charge in [-0.25, -0.2) is 14.6 Å². The second-order valence-electron chi connectivity index (χ2n) is 8.72. The number of carbonyl (C=O) groups is 2. The molecule has 0 spiro atoms. The van der Waals surface area contributed by atoms with E-state index in [9.17, 15) is 30.0 Å². The molecule has 5 heterocycles. The molecule has 36 heavy (non-hydrogen) atoms. The summed E-state index contributed by atoms with van der Waals surface area (Å²) in [5, 5.41) is 42.0. The molecule has 184 valence electrons. The van der Waals surface area contributed by atoms with Crippen LogP contribution in [-0.2, 0) is 19.1 Å². The Labute approximate surface area is 202 Å². The Hall–Kier alpha value is -3.87. The Morgan fingerprint density at radius 3 is 2.42 bits per heavy atom. The molecule has 5 N–H and O–H groups in total. The van der Waals surface area contributed by atoms with E-state index in [2.05, 4.69) is 9.97 Å². The van der Waals surface area contributed by atoms with Crippen LogP contribution >= 0.6 is 0 Å². The molecule has 11 heteroatoms. The Balaban J connectivity index is 1.57. The van der Waals surface area contributed by atoms with Crippen LogP contribution in [0, 0.1) is 0 Å². The number of aromatic amines is 1. The molecule has 2 aliphatic rings. The van der Waals surface area contributed by atoms with Crippen LogP contribution in [0.5, 0.6) is 0 Å². The van der Waals surface area contributed by atoms with Crippen LogP contribution in [0.25, 0.3) is 33.1 Å². The summed E-state index contributed by atoms with van der Waals surface area (Å²) in [7, 11) is 0. The first-order chi connectivity index (χ1) is 17.4. The van der Waals surface area contributed by atoms with Crippen molar-refractivity contribution >= 4 is 45.0 Å². The lowest BCUT2D eigenvalue weighted by atomic mass is 9.96. The molecule has 11 nitrogen and oxygen atoms in total. The van der Waals surface area contributed by atoms with Crippen molar-refractivity contribution in [2.75, 3.05) is 6.61 Å². The third-order valence-corrected chi connectivity index (χ3v) is 6.70. The fourth-order valence-corrected chi connectivity index (χ4v) is 4.95. The number of benzene rings is 1. The minimum absolute atomic E-state index is 0.0195. The lowest BCUT2D eigenvalue weighted by Crippen LogP contribution is -2.56. The Morgan fingerprint density at radius 2 is 1.64 bits per heavy atom. The summed E-state index contributed by atoms with van der Waals surface area (Å²) in [5.41, 5.74) is 1.96. The van der Waals surface area contributed by atoms with Crippen molar-refractivity contribution in [2.24, 2.45) is 0 Å². The van der Waals surface area contributed by atoms with E-state index in [1.165, 1.54) is 17.0 Å². The Bertz CT molecular complexity index is 1550. The second kappa shape index (κ2) is 8.36. The van der Waals surface area contributed by atoms with Gasteiger partial charge in [0.15, 0.2) is 6.23 Å². The van der Waals surface area contributed by atoms with E-state index in [1.54, 1.807) is 18.3 Å². The number of hydrogen-bond acceptors (Lipinski definition) is 9. The minimum Gasteiger partial charge on any atom is -0.394 e. The standard InChI is InChI=1S/C25H21N3O8/c29-10-16-19(30)20(31)21(32)23(35-16)28-9-14(12-5-3-7-26-22(12)28)18-17(24(33)36-25(18)34)13-8-27-15-6-2-1-4-11(13)15/h1-9,16,19-21,23,27,29-32H,10H2/t16-,19-,20+,21-,23-/m1/s1. The van der Waals surface area contributed by atoms with Crippen LogP contribution in [0.1, 0.15) is 17.4 Å². The molecule has 0 radical (unpaired) electrons. The maximum absolute atomic E-state index is 13.0. The van der Waals surface area contributed by atoms with Crippen molar-refractivity contribution in [1.82, 2.24) is 14.5 Å². The number of para-hydroxylation sites is 1. The third kappa shape index (κ3) is 3.22. The average molecular weight is 491 g/mol. The monoisotopic (exact) mass is 491 g/mol. The molecular formula is C25H21N3O8. The van der Waals surface area contributed by atoms with Gasteiger partial charge in [-0.3, -0.25) is 0 Å². The molecule has 1 fully saturated rings.